The highest BCUT2D eigenvalue weighted by Gasteiger charge is 2.34. The topological polar surface area (TPSA) is 51.1 Å². The fourth-order valence-corrected chi connectivity index (χ4v) is 1.43. The van der Waals surface area contributed by atoms with Crippen molar-refractivity contribution in [3.63, 3.8) is 0 Å². The van der Waals surface area contributed by atoms with E-state index in [0.29, 0.717) is 11.7 Å². The molecule has 1 N–H and O–H groups in total. The van der Waals surface area contributed by atoms with Crippen LogP contribution in [0, 0.1) is 10.8 Å². The molecule has 2 rings (SSSR count). The highest BCUT2D eigenvalue weighted by Crippen LogP contribution is 2.41. The number of hydrogen-bond acceptors (Lipinski definition) is 4. The maximum absolute atomic E-state index is 5.27. The van der Waals surface area contributed by atoms with E-state index in [9.17, 15) is 0 Å². The molecule has 1 atom stereocenters. The second-order valence-electron chi connectivity index (χ2n) is 2.96. The molecule has 12 heavy (non-hydrogen) atoms. The normalized spacial score (nSPS) is 19.4. The predicted molar refractivity (Wildman–Crippen MR) is 44.2 cm³/mol. The third-order valence-corrected chi connectivity index (χ3v) is 2.20. The highest BCUT2D eigenvalue weighted by atomic mass is 32.1. The van der Waals surface area contributed by atoms with Crippen LogP contribution in [-0.4, -0.2) is 17.3 Å². The summed E-state index contributed by atoms with van der Waals surface area (Å²) >= 11 is 4.74. The lowest BCUT2D eigenvalue weighted by molar-refractivity contribution is 0.0751. The van der Waals surface area contributed by atoms with Gasteiger partial charge in [0.25, 0.3) is 0 Å². The molecule has 0 aliphatic heterocycles. The molecule has 1 aliphatic rings. The SMILES string of the molecule is COC(c1nc(=S)o[nH]1)C1CC1. The van der Waals surface area contributed by atoms with Gasteiger partial charge in [-0.2, -0.15) is 4.98 Å². The maximum atomic E-state index is 5.27. The standard InChI is InChI=1S/C7H10N2O2S/c1-10-5(4-2-3-4)6-8-7(12)11-9-6/h4-5H,2-3H2,1H3,(H,8,9,12). The van der Waals surface area contributed by atoms with E-state index in [2.05, 4.69) is 10.1 Å². The first-order valence-electron chi connectivity index (χ1n) is 3.89. The number of nitrogens with one attached hydrogen (secondary N) is 1. The lowest BCUT2D eigenvalue weighted by atomic mass is 10.2. The van der Waals surface area contributed by atoms with Crippen LogP contribution >= 0.6 is 12.2 Å². The van der Waals surface area contributed by atoms with Gasteiger partial charge in [-0.1, -0.05) is 0 Å². The predicted octanol–water partition coefficient (Wildman–Crippen LogP) is 1.83. The van der Waals surface area contributed by atoms with Gasteiger partial charge in [0.2, 0.25) is 0 Å². The first-order valence-corrected chi connectivity index (χ1v) is 4.30. The summed E-state index contributed by atoms with van der Waals surface area (Å²) in [4.78, 5) is 4.25. The Kier molecular flexibility index (Phi) is 1.98. The lowest BCUT2D eigenvalue weighted by Gasteiger charge is -2.08. The first kappa shape index (κ1) is 7.94. The molecular weight excluding hydrogens is 176 g/mol. The molecule has 0 aromatic carbocycles. The van der Waals surface area contributed by atoms with Crippen LogP contribution in [0.15, 0.2) is 4.52 Å². The molecule has 0 saturated heterocycles. The van der Waals surface area contributed by atoms with Crippen LogP contribution in [0.1, 0.15) is 24.8 Å². The van der Waals surface area contributed by atoms with Crippen molar-refractivity contribution in [3.8, 4) is 0 Å². The molecule has 1 heterocycles. The molecule has 66 valence electrons. The number of nitrogens with zero attached hydrogens (tertiary/aromatic N) is 1. The van der Waals surface area contributed by atoms with Gasteiger partial charge in [-0.25, -0.2) is 5.16 Å². The molecule has 1 fully saturated rings. The Bertz CT molecular complexity index is 315. The molecule has 1 saturated carbocycles. The van der Waals surface area contributed by atoms with Crippen molar-refractivity contribution in [1.29, 1.82) is 0 Å². The quantitative estimate of drug-likeness (QED) is 0.732. The Morgan fingerprint density at radius 2 is 2.50 bits per heavy atom. The van der Waals surface area contributed by atoms with Crippen molar-refractivity contribution in [2.24, 2.45) is 5.92 Å². The number of aromatic amines is 1. The zero-order chi connectivity index (χ0) is 8.55. The van der Waals surface area contributed by atoms with Crippen molar-refractivity contribution in [1.82, 2.24) is 10.1 Å². The highest BCUT2D eigenvalue weighted by molar-refractivity contribution is 7.71. The van der Waals surface area contributed by atoms with Gasteiger partial charge < -0.3 is 9.26 Å². The van der Waals surface area contributed by atoms with E-state index in [-0.39, 0.29) is 10.9 Å². The van der Waals surface area contributed by atoms with Gasteiger partial charge in [-0.15, -0.1) is 0 Å². The summed E-state index contributed by atoms with van der Waals surface area (Å²) in [6.45, 7) is 0. The summed E-state index contributed by atoms with van der Waals surface area (Å²) in [5, 5.41) is 2.66. The molecule has 4 nitrogen and oxygen atoms in total. The summed E-state index contributed by atoms with van der Waals surface area (Å²) in [5.74, 6) is 1.30. The van der Waals surface area contributed by atoms with E-state index >= 15 is 0 Å². The number of methoxy groups -OCH3 is 1. The van der Waals surface area contributed by atoms with Crippen LogP contribution in [0.3, 0.4) is 0 Å². The zero-order valence-corrected chi connectivity index (χ0v) is 7.56. The van der Waals surface area contributed by atoms with E-state index in [0.717, 1.165) is 0 Å². The molecular formula is C7H10N2O2S. The number of aromatic nitrogens is 2. The number of H-pyrrole nitrogens is 1. The smallest absolute Gasteiger partial charge is 0.314 e. The molecule has 0 bridgehead atoms. The van der Waals surface area contributed by atoms with Gasteiger partial charge in [0.15, 0.2) is 5.82 Å². The Morgan fingerprint density at radius 3 is 2.92 bits per heavy atom. The van der Waals surface area contributed by atoms with E-state index in [1.165, 1.54) is 12.8 Å². The number of rotatable bonds is 3. The Balaban J connectivity index is 2.20. The average Bonchev–Trinajstić information content (AvgIpc) is 2.78. The minimum atomic E-state index is 0.0328. The third kappa shape index (κ3) is 1.42. The zero-order valence-electron chi connectivity index (χ0n) is 6.74. The Hall–Kier alpha value is -0.680. The van der Waals surface area contributed by atoms with Crippen LogP contribution in [0.4, 0.5) is 0 Å². The molecule has 1 aromatic rings. The summed E-state index contributed by atoms with van der Waals surface area (Å²) in [7, 11) is 1.68. The second-order valence-corrected chi connectivity index (χ2v) is 3.31. The van der Waals surface area contributed by atoms with Crippen LogP contribution in [0.5, 0.6) is 0 Å². The minimum Gasteiger partial charge on any atom is -0.373 e. The average molecular weight is 186 g/mol. The Morgan fingerprint density at radius 1 is 1.75 bits per heavy atom. The third-order valence-electron chi connectivity index (χ3n) is 2.03. The maximum Gasteiger partial charge on any atom is 0.314 e. The molecule has 0 radical (unpaired) electrons. The van der Waals surface area contributed by atoms with Crippen LogP contribution in [0.25, 0.3) is 0 Å². The molecule has 5 heteroatoms. The van der Waals surface area contributed by atoms with Crippen LogP contribution < -0.4 is 0 Å². The Labute approximate surface area is 74.9 Å². The van der Waals surface area contributed by atoms with E-state index in [1.54, 1.807) is 7.11 Å². The van der Waals surface area contributed by atoms with Crippen molar-refractivity contribution in [3.05, 3.63) is 10.7 Å². The second kappa shape index (κ2) is 2.99. The minimum absolute atomic E-state index is 0.0328. The van der Waals surface area contributed by atoms with E-state index < -0.39 is 0 Å². The van der Waals surface area contributed by atoms with Gasteiger partial charge in [0.1, 0.15) is 6.10 Å². The largest absolute Gasteiger partial charge is 0.373 e. The van der Waals surface area contributed by atoms with Gasteiger partial charge >= 0.3 is 4.84 Å². The van der Waals surface area contributed by atoms with Gasteiger partial charge in [-0.05, 0) is 31.0 Å². The molecule has 1 unspecified atom stereocenters. The summed E-state index contributed by atoms with van der Waals surface area (Å²) in [6.07, 6.45) is 2.43. The monoisotopic (exact) mass is 186 g/mol. The lowest BCUT2D eigenvalue weighted by Crippen LogP contribution is -2.05. The van der Waals surface area contributed by atoms with Crippen molar-refractivity contribution >= 4 is 12.2 Å². The summed E-state index contributed by atoms with van der Waals surface area (Å²) in [6, 6.07) is 0. The van der Waals surface area contributed by atoms with E-state index in [4.69, 9.17) is 21.5 Å². The van der Waals surface area contributed by atoms with Crippen molar-refractivity contribution < 1.29 is 9.26 Å². The number of ether oxygens (including phenoxy) is 1. The van der Waals surface area contributed by atoms with Crippen molar-refractivity contribution in [2.45, 2.75) is 18.9 Å². The van der Waals surface area contributed by atoms with Crippen molar-refractivity contribution in [2.75, 3.05) is 7.11 Å². The fourth-order valence-electron chi connectivity index (χ4n) is 1.29. The van der Waals surface area contributed by atoms with Gasteiger partial charge in [0.05, 0.1) is 0 Å². The van der Waals surface area contributed by atoms with Gasteiger partial charge in [-0.3, -0.25) is 0 Å². The molecule has 0 spiro atoms. The summed E-state index contributed by atoms with van der Waals surface area (Å²) < 4.78 is 10.1. The molecule has 1 aromatic heterocycles. The van der Waals surface area contributed by atoms with E-state index in [1.807, 2.05) is 0 Å². The number of hydrogen-bond donors (Lipinski definition) is 1. The molecule has 0 amide bonds. The van der Waals surface area contributed by atoms with Crippen LogP contribution in [-0.2, 0) is 4.74 Å². The first-order chi connectivity index (χ1) is 5.81. The molecule has 1 aliphatic carbocycles. The van der Waals surface area contributed by atoms with Gasteiger partial charge in [0, 0.05) is 7.11 Å². The van der Waals surface area contributed by atoms with Crippen LogP contribution in [0.2, 0.25) is 0 Å². The fraction of sp³-hybridized carbons (Fsp3) is 0.714. The summed E-state index contributed by atoms with van der Waals surface area (Å²) in [5.41, 5.74) is 0.